The van der Waals surface area contributed by atoms with Crippen molar-refractivity contribution < 1.29 is 22.7 Å². The summed E-state index contributed by atoms with van der Waals surface area (Å²) in [6, 6.07) is 5.17. The van der Waals surface area contributed by atoms with Crippen molar-refractivity contribution in [2.24, 2.45) is 0 Å². The normalized spacial score (nSPS) is 16.0. The molecule has 1 aliphatic rings. The molecule has 1 fully saturated rings. The van der Waals surface area contributed by atoms with Crippen molar-refractivity contribution in [3.8, 4) is 0 Å². The number of piperazine rings is 1. The Morgan fingerprint density at radius 2 is 1.96 bits per heavy atom. The lowest BCUT2D eigenvalue weighted by Gasteiger charge is -2.34. The first kappa shape index (κ1) is 20.8. The molecule has 1 saturated heterocycles. The van der Waals surface area contributed by atoms with Gasteiger partial charge in [-0.3, -0.25) is 4.90 Å². The molecule has 0 spiro atoms. The van der Waals surface area contributed by atoms with Crippen LogP contribution in [0.25, 0.3) is 0 Å². The van der Waals surface area contributed by atoms with Crippen molar-refractivity contribution in [1.82, 2.24) is 9.80 Å². The first-order valence-electron chi connectivity index (χ1n) is 8.44. The Morgan fingerprint density at radius 1 is 1.27 bits per heavy atom. The number of carbonyl (C=O) groups is 1. The average molecular weight is 394 g/mol. The van der Waals surface area contributed by atoms with Gasteiger partial charge in [0.2, 0.25) is 0 Å². The van der Waals surface area contributed by atoms with Crippen molar-refractivity contribution in [2.75, 3.05) is 51.3 Å². The van der Waals surface area contributed by atoms with Gasteiger partial charge in [-0.1, -0.05) is 17.7 Å². The molecule has 1 aromatic carbocycles. The van der Waals surface area contributed by atoms with Gasteiger partial charge in [0.25, 0.3) is 0 Å². The Bertz CT molecular complexity index is 605. The SMILES string of the molecule is Cc1c(Cl)cccc1NC(=O)N1CCN(CCCOCC(F)(F)F)CC1. The minimum absolute atomic E-state index is 0.0776. The molecular formula is C17H23ClF3N3O2. The molecule has 9 heteroatoms. The molecule has 0 aliphatic carbocycles. The van der Waals surface area contributed by atoms with Crippen molar-refractivity contribution >= 4 is 23.3 Å². The first-order chi connectivity index (χ1) is 12.3. The van der Waals surface area contributed by atoms with Gasteiger partial charge < -0.3 is 15.0 Å². The number of halogens is 4. The van der Waals surface area contributed by atoms with E-state index in [9.17, 15) is 18.0 Å². The van der Waals surface area contributed by atoms with Crippen LogP contribution in [0.5, 0.6) is 0 Å². The zero-order chi connectivity index (χ0) is 19.2. The number of nitrogens with one attached hydrogen (secondary N) is 1. The summed E-state index contributed by atoms with van der Waals surface area (Å²) >= 11 is 6.05. The molecule has 0 atom stereocenters. The third-order valence-corrected chi connectivity index (χ3v) is 4.61. The highest BCUT2D eigenvalue weighted by atomic mass is 35.5. The maximum absolute atomic E-state index is 12.4. The third kappa shape index (κ3) is 6.66. The van der Waals surface area contributed by atoms with Gasteiger partial charge in [0.05, 0.1) is 0 Å². The Balaban J connectivity index is 1.68. The molecule has 1 aromatic rings. The fourth-order valence-corrected chi connectivity index (χ4v) is 2.86. The first-order valence-corrected chi connectivity index (χ1v) is 8.82. The number of nitrogens with zero attached hydrogens (tertiary/aromatic N) is 2. The Morgan fingerprint density at radius 3 is 2.62 bits per heavy atom. The van der Waals surface area contributed by atoms with Crippen LogP contribution in [0.3, 0.4) is 0 Å². The number of urea groups is 1. The summed E-state index contributed by atoms with van der Waals surface area (Å²) < 4.78 is 40.5. The highest BCUT2D eigenvalue weighted by molar-refractivity contribution is 6.31. The zero-order valence-corrected chi connectivity index (χ0v) is 15.4. The Kier molecular flexibility index (Phi) is 7.55. The maximum Gasteiger partial charge on any atom is 0.411 e. The van der Waals surface area contributed by atoms with Crippen LogP contribution in [0.1, 0.15) is 12.0 Å². The molecule has 5 nitrogen and oxygen atoms in total. The fourth-order valence-electron chi connectivity index (χ4n) is 2.69. The van der Waals surface area contributed by atoms with E-state index >= 15 is 0 Å². The lowest BCUT2D eigenvalue weighted by molar-refractivity contribution is -0.174. The van der Waals surface area contributed by atoms with Crippen LogP contribution in [0.2, 0.25) is 5.02 Å². The predicted molar refractivity (Wildman–Crippen MR) is 94.7 cm³/mol. The molecule has 1 aliphatic heterocycles. The third-order valence-electron chi connectivity index (χ3n) is 4.20. The number of amides is 2. The molecule has 146 valence electrons. The summed E-state index contributed by atoms with van der Waals surface area (Å²) in [7, 11) is 0. The van der Waals surface area contributed by atoms with Gasteiger partial charge in [-0.25, -0.2) is 4.79 Å². The molecule has 0 radical (unpaired) electrons. The molecule has 0 bridgehead atoms. The molecule has 26 heavy (non-hydrogen) atoms. The molecule has 0 saturated carbocycles. The minimum atomic E-state index is -4.28. The van der Waals surface area contributed by atoms with Gasteiger partial charge in [-0.05, 0) is 31.0 Å². The second-order valence-corrected chi connectivity index (χ2v) is 6.60. The number of benzene rings is 1. The van der Waals surface area contributed by atoms with E-state index in [-0.39, 0.29) is 12.6 Å². The highest BCUT2D eigenvalue weighted by Gasteiger charge is 2.27. The van der Waals surface area contributed by atoms with Crippen LogP contribution in [-0.2, 0) is 4.74 Å². The number of alkyl halides is 3. The molecule has 1 N–H and O–H groups in total. The van der Waals surface area contributed by atoms with Gasteiger partial charge >= 0.3 is 12.2 Å². The van der Waals surface area contributed by atoms with Crippen molar-refractivity contribution in [3.05, 3.63) is 28.8 Å². The summed E-state index contributed by atoms with van der Waals surface area (Å²) in [5.74, 6) is 0. The van der Waals surface area contributed by atoms with E-state index in [4.69, 9.17) is 11.6 Å². The molecule has 0 unspecified atom stereocenters. The predicted octanol–water partition coefficient (Wildman–Crippen LogP) is 3.77. The van der Waals surface area contributed by atoms with Crippen LogP contribution in [-0.4, -0.2) is 67.9 Å². The van der Waals surface area contributed by atoms with Crippen LogP contribution in [0, 0.1) is 6.92 Å². The number of ether oxygens (including phenoxy) is 1. The van der Waals surface area contributed by atoms with E-state index in [1.807, 2.05) is 6.92 Å². The van der Waals surface area contributed by atoms with E-state index in [0.29, 0.717) is 49.9 Å². The fraction of sp³-hybridized carbons (Fsp3) is 0.588. The number of anilines is 1. The van der Waals surface area contributed by atoms with E-state index in [2.05, 4.69) is 15.0 Å². The second kappa shape index (κ2) is 9.43. The van der Waals surface area contributed by atoms with Crippen molar-refractivity contribution in [2.45, 2.75) is 19.5 Å². The van der Waals surface area contributed by atoms with Crippen molar-refractivity contribution in [1.29, 1.82) is 0 Å². The monoisotopic (exact) mass is 393 g/mol. The largest absolute Gasteiger partial charge is 0.411 e. The molecular weight excluding hydrogens is 371 g/mol. The lowest BCUT2D eigenvalue weighted by Crippen LogP contribution is -2.50. The summed E-state index contributed by atoms with van der Waals surface area (Å²) in [4.78, 5) is 16.2. The van der Waals surface area contributed by atoms with E-state index in [0.717, 1.165) is 5.56 Å². The minimum Gasteiger partial charge on any atom is -0.372 e. The quantitative estimate of drug-likeness (QED) is 0.748. The molecule has 0 aromatic heterocycles. The molecule has 1 heterocycles. The van der Waals surface area contributed by atoms with Gasteiger partial charge in [0, 0.05) is 50.0 Å². The summed E-state index contributed by atoms with van der Waals surface area (Å²) in [6.45, 7) is 3.86. The number of rotatable bonds is 6. The summed E-state index contributed by atoms with van der Waals surface area (Å²) in [5, 5.41) is 3.46. The summed E-state index contributed by atoms with van der Waals surface area (Å²) in [5.41, 5.74) is 1.51. The van der Waals surface area contributed by atoms with Crippen LogP contribution in [0.4, 0.5) is 23.7 Å². The van der Waals surface area contributed by atoms with Crippen LogP contribution in [0.15, 0.2) is 18.2 Å². The number of hydrogen-bond acceptors (Lipinski definition) is 3. The lowest BCUT2D eigenvalue weighted by atomic mass is 10.2. The van der Waals surface area contributed by atoms with Gasteiger partial charge in [0.15, 0.2) is 0 Å². The van der Waals surface area contributed by atoms with Gasteiger partial charge in [-0.15, -0.1) is 0 Å². The maximum atomic E-state index is 12.4. The van der Waals surface area contributed by atoms with Gasteiger partial charge in [-0.2, -0.15) is 13.2 Å². The number of carbonyl (C=O) groups excluding carboxylic acids is 1. The number of hydrogen-bond donors (Lipinski definition) is 1. The molecule has 2 amide bonds. The van der Waals surface area contributed by atoms with E-state index in [1.54, 1.807) is 23.1 Å². The summed E-state index contributed by atoms with van der Waals surface area (Å²) in [6.07, 6.45) is -3.75. The van der Waals surface area contributed by atoms with E-state index < -0.39 is 12.8 Å². The van der Waals surface area contributed by atoms with Gasteiger partial charge in [0.1, 0.15) is 6.61 Å². The Hall–Kier alpha value is -1.51. The zero-order valence-electron chi connectivity index (χ0n) is 14.6. The van der Waals surface area contributed by atoms with Crippen LogP contribution >= 0.6 is 11.6 Å². The molecule has 2 rings (SSSR count). The Labute approximate surface area is 156 Å². The average Bonchev–Trinajstić information content (AvgIpc) is 2.58. The van der Waals surface area contributed by atoms with Crippen LogP contribution < -0.4 is 5.32 Å². The smallest absolute Gasteiger partial charge is 0.372 e. The van der Waals surface area contributed by atoms with Crippen molar-refractivity contribution in [3.63, 3.8) is 0 Å². The standard InChI is InChI=1S/C17H23ClF3N3O2/c1-13-14(18)4-2-5-15(13)22-16(25)24-9-7-23(8-10-24)6-3-11-26-12-17(19,20)21/h2,4-5H,3,6-12H2,1H3,(H,22,25). The topological polar surface area (TPSA) is 44.8 Å². The highest BCUT2D eigenvalue weighted by Crippen LogP contribution is 2.23. The second-order valence-electron chi connectivity index (χ2n) is 6.19. The van der Waals surface area contributed by atoms with E-state index in [1.165, 1.54) is 0 Å².